The number of non-ortho nitro benzene ring substituents is 1. The predicted molar refractivity (Wildman–Crippen MR) is 97.0 cm³/mol. The lowest BCUT2D eigenvalue weighted by molar-refractivity contribution is -0.384. The predicted octanol–water partition coefficient (Wildman–Crippen LogP) is 3.63. The van der Waals surface area contributed by atoms with E-state index >= 15 is 0 Å². The average molecular weight is 349 g/mol. The van der Waals surface area contributed by atoms with Gasteiger partial charge in [0.25, 0.3) is 5.69 Å². The molecule has 7 heteroatoms. The van der Waals surface area contributed by atoms with Crippen molar-refractivity contribution in [3.63, 3.8) is 0 Å². The molecule has 1 amide bonds. The number of hydrogen-bond acceptors (Lipinski definition) is 5. The Bertz CT molecular complexity index is 598. The molecule has 1 aliphatic carbocycles. The third kappa shape index (κ3) is 5.70. The fourth-order valence-corrected chi connectivity index (χ4v) is 3.20. The van der Waals surface area contributed by atoms with Gasteiger partial charge in [-0.2, -0.15) is 0 Å². The Balaban J connectivity index is 2.00. The van der Waals surface area contributed by atoms with Gasteiger partial charge in [-0.1, -0.05) is 32.1 Å². The number of carbonyl (C=O) groups excluding carboxylic acids is 1. The van der Waals surface area contributed by atoms with Crippen LogP contribution in [0.25, 0.3) is 0 Å². The molecule has 0 saturated heterocycles. The average Bonchev–Trinajstić information content (AvgIpc) is 2.56. The van der Waals surface area contributed by atoms with Crippen molar-refractivity contribution in [2.24, 2.45) is 0 Å². The minimum Gasteiger partial charge on any atom is -0.495 e. The molecule has 0 heterocycles. The molecular formula is C18H27N3O4. The third-order valence-electron chi connectivity index (χ3n) is 4.64. The summed E-state index contributed by atoms with van der Waals surface area (Å²) in [5.41, 5.74) is 0.227. The van der Waals surface area contributed by atoms with Crippen LogP contribution in [0, 0.1) is 10.1 Å². The number of amides is 1. The first kappa shape index (κ1) is 19.2. The van der Waals surface area contributed by atoms with Crippen molar-refractivity contribution < 1.29 is 14.5 Å². The normalized spacial score (nSPS) is 17.2. The highest BCUT2D eigenvalue weighted by molar-refractivity contribution is 5.96. The standard InChI is InChI=1S/C18H27N3O4/c1-13(19-14-8-6-4-3-5-7-9-14)18(22)20-16-12-15(21(23)24)10-11-17(16)25-2/h10-14,19H,3-9H2,1-2H3,(H,20,22)/t13-/m1/s1. The van der Waals surface area contributed by atoms with Crippen LogP contribution in [0.3, 0.4) is 0 Å². The minimum atomic E-state index is -0.495. The molecule has 138 valence electrons. The number of nitro benzene ring substituents is 1. The lowest BCUT2D eigenvalue weighted by atomic mass is 9.96. The maximum Gasteiger partial charge on any atom is 0.271 e. The molecule has 0 aromatic heterocycles. The van der Waals surface area contributed by atoms with Crippen LogP contribution in [0.15, 0.2) is 18.2 Å². The van der Waals surface area contributed by atoms with Gasteiger partial charge < -0.3 is 15.4 Å². The highest BCUT2D eigenvalue weighted by Crippen LogP contribution is 2.29. The van der Waals surface area contributed by atoms with E-state index in [1.807, 2.05) is 6.92 Å². The van der Waals surface area contributed by atoms with Gasteiger partial charge in [0.1, 0.15) is 5.75 Å². The SMILES string of the molecule is COc1ccc([N+](=O)[O-])cc1NC(=O)[C@@H](C)NC1CCCCCCC1. The molecule has 0 bridgehead atoms. The summed E-state index contributed by atoms with van der Waals surface area (Å²) in [5, 5.41) is 17.1. The molecule has 1 atom stereocenters. The zero-order valence-electron chi connectivity index (χ0n) is 14.9. The third-order valence-corrected chi connectivity index (χ3v) is 4.64. The molecule has 0 unspecified atom stereocenters. The van der Waals surface area contributed by atoms with Crippen LogP contribution in [0.4, 0.5) is 11.4 Å². The number of methoxy groups -OCH3 is 1. The monoisotopic (exact) mass is 349 g/mol. The van der Waals surface area contributed by atoms with E-state index in [1.165, 1.54) is 57.4 Å². The van der Waals surface area contributed by atoms with E-state index < -0.39 is 4.92 Å². The molecule has 1 aliphatic rings. The molecule has 0 radical (unpaired) electrons. The zero-order valence-corrected chi connectivity index (χ0v) is 14.9. The van der Waals surface area contributed by atoms with Crippen molar-refractivity contribution >= 4 is 17.3 Å². The summed E-state index contributed by atoms with van der Waals surface area (Å²) < 4.78 is 5.18. The van der Waals surface area contributed by atoms with Gasteiger partial charge in [-0.15, -0.1) is 0 Å². The van der Waals surface area contributed by atoms with Crippen LogP contribution in [0.5, 0.6) is 5.75 Å². The number of nitrogens with zero attached hydrogens (tertiary/aromatic N) is 1. The van der Waals surface area contributed by atoms with Crippen molar-refractivity contribution in [2.45, 2.75) is 64.0 Å². The largest absolute Gasteiger partial charge is 0.495 e. The van der Waals surface area contributed by atoms with Crippen LogP contribution in [-0.2, 0) is 4.79 Å². The molecule has 0 spiro atoms. The van der Waals surface area contributed by atoms with Crippen LogP contribution < -0.4 is 15.4 Å². The summed E-state index contributed by atoms with van der Waals surface area (Å²) in [6.45, 7) is 1.82. The smallest absolute Gasteiger partial charge is 0.271 e. The van der Waals surface area contributed by atoms with E-state index in [1.54, 1.807) is 0 Å². The molecule has 0 aliphatic heterocycles. The Morgan fingerprint density at radius 2 is 1.88 bits per heavy atom. The first-order chi connectivity index (χ1) is 12.0. The summed E-state index contributed by atoms with van der Waals surface area (Å²) in [4.78, 5) is 22.9. The van der Waals surface area contributed by atoms with Crippen molar-refractivity contribution in [3.05, 3.63) is 28.3 Å². The first-order valence-electron chi connectivity index (χ1n) is 8.90. The topological polar surface area (TPSA) is 93.5 Å². The molecule has 1 fully saturated rings. The highest BCUT2D eigenvalue weighted by Gasteiger charge is 2.20. The Hall–Kier alpha value is -2.15. The van der Waals surface area contributed by atoms with E-state index in [2.05, 4.69) is 10.6 Å². The fraction of sp³-hybridized carbons (Fsp3) is 0.611. The number of anilines is 1. The lowest BCUT2D eigenvalue weighted by Gasteiger charge is -2.24. The number of nitrogens with one attached hydrogen (secondary N) is 2. The van der Waals surface area contributed by atoms with E-state index in [0.29, 0.717) is 17.5 Å². The molecule has 1 saturated carbocycles. The van der Waals surface area contributed by atoms with Gasteiger partial charge >= 0.3 is 0 Å². The zero-order chi connectivity index (χ0) is 18.2. The minimum absolute atomic E-state index is 0.0864. The summed E-state index contributed by atoms with van der Waals surface area (Å²) in [7, 11) is 1.47. The molecule has 25 heavy (non-hydrogen) atoms. The van der Waals surface area contributed by atoms with Crippen molar-refractivity contribution in [1.82, 2.24) is 5.32 Å². The number of carbonyl (C=O) groups is 1. The fourth-order valence-electron chi connectivity index (χ4n) is 3.20. The lowest BCUT2D eigenvalue weighted by Crippen LogP contribution is -2.44. The van der Waals surface area contributed by atoms with Crippen LogP contribution in [0.1, 0.15) is 51.9 Å². The summed E-state index contributed by atoms with van der Waals surface area (Å²) >= 11 is 0. The second-order valence-corrected chi connectivity index (χ2v) is 6.56. The molecular weight excluding hydrogens is 322 g/mol. The quantitative estimate of drug-likeness (QED) is 0.604. The summed E-state index contributed by atoms with van der Waals surface area (Å²) in [6, 6.07) is 4.12. The molecule has 1 aromatic carbocycles. The van der Waals surface area contributed by atoms with Gasteiger partial charge in [-0.3, -0.25) is 14.9 Å². The second kappa shape index (κ2) is 9.36. The van der Waals surface area contributed by atoms with Crippen molar-refractivity contribution in [3.8, 4) is 5.75 Å². The van der Waals surface area contributed by atoms with Gasteiger partial charge in [0, 0.05) is 18.2 Å². The maximum atomic E-state index is 12.5. The molecule has 1 aromatic rings. The Labute approximate surface area is 148 Å². The number of ether oxygens (including phenoxy) is 1. The molecule has 2 rings (SSSR count). The number of hydrogen-bond donors (Lipinski definition) is 2. The Kier molecular flexibility index (Phi) is 7.18. The van der Waals surface area contributed by atoms with Crippen LogP contribution in [0.2, 0.25) is 0 Å². The Morgan fingerprint density at radius 3 is 2.48 bits per heavy atom. The van der Waals surface area contributed by atoms with E-state index in [4.69, 9.17) is 4.74 Å². The van der Waals surface area contributed by atoms with Gasteiger partial charge in [0.15, 0.2) is 0 Å². The van der Waals surface area contributed by atoms with E-state index in [-0.39, 0.29) is 17.6 Å². The second-order valence-electron chi connectivity index (χ2n) is 6.56. The van der Waals surface area contributed by atoms with Gasteiger partial charge in [-0.05, 0) is 25.8 Å². The Morgan fingerprint density at radius 1 is 1.24 bits per heavy atom. The number of rotatable bonds is 6. The highest BCUT2D eigenvalue weighted by atomic mass is 16.6. The van der Waals surface area contributed by atoms with Crippen LogP contribution >= 0.6 is 0 Å². The maximum absolute atomic E-state index is 12.5. The van der Waals surface area contributed by atoms with Crippen molar-refractivity contribution in [2.75, 3.05) is 12.4 Å². The van der Waals surface area contributed by atoms with Crippen LogP contribution in [-0.4, -0.2) is 30.0 Å². The van der Waals surface area contributed by atoms with Crippen molar-refractivity contribution in [1.29, 1.82) is 0 Å². The first-order valence-corrected chi connectivity index (χ1v) is 8.90. The molecule has 7 nitrogen and oxygen atoms in total. The van der Waals surface area contributed by atoms with E-state index in [9.17, 15) is 14.9 Å². The summed E-state index contributed by atoms with van der Waals surface area (Å²) in [6.07, 6.45) is 8.34. The number of benzene rings is 1. The molecule has 2 N–H and O–H groups in total. The van der Waals surface area contributed by atoms with Gasteiger partial charge in [-0.25, -0.2) is 0 Å². The van der Waals surface area contributed by atoms with Gasteiger partial charge in [0.2, 0.25) is 5.91 Å². The van der Waals surface area contributed by atoms with E-state index in [0.717, 1.165) is 12.8 Å². The number of nitro groups is 1. The summed E-state index contributed by atoms with van der Waals surface area (Å²) in [5.74, 6) is 0.179. The van der Waals surface area contributed by atoms with Gasteiger partial charge in [0.05, 0.1) is 23.8 Å².